The molecule has 9 aromatic carbocycles. The van der Waals surface area contributed by atoms with Gasteiger partial charge < -0.3 is 0 Å². The molecular weight excluding hydrogens is 528 g/mol. The molecule has 0 aliphatic rings. The Kier molecular flexibility index (Phi) is 2.58. The van der Waals surface area contributed by atoms with E-state index in [0.717, 1.165) is 6.07 Å². The summed E-state index contributed by atoms with van der Waals surface area (Å²) in [7, 11) is 0. The second kappa shape index (κ2) is 9.93. The summed E-state index contributed by atoms with van der Waals surface area (Å²) in [4.78, 5) is 0. The summed E-state index contributed by atoms with van der Waals surface area (Å²) in [5, 5.41) is -3.56. The van der Waals surface area contributed by atoms with Gasteiger partial charge in [-0.2, -0.15) is 0 Å². The van der Waals surface area contributed by atoms with Crippen molar-refractivity contribution in [2.24, 2.45) is 0 Å². The molecule has 0 amide bonds. The molecule has 0 heterocycles. The topological polar surface area (TPSA) is 0 Å². The van der Waals surface area contributed by atoms with Crippen LogP contribution in [0.15, 0.2) is 169 Å². The number of benzene rings is 9. The standard InChI is InChI=1S/C44H28/c1-2-14-29(15-3-1)43-38-22-10-12-24-40(38)44(41-25-13-11-23-39(41)43)37-21-9-4-16-31(37)30-26-27-36-34-19-6-5-17-32(34)33-18-7-8-20-35(33)42(36)28-30/h1-28H/i4D,5D,6D,7D,8D,9D,10D,11D,12D,13D,16D,17D,18D,20D,21D,22D,23D,24D,25D,26D,27D,28D. The van der Waals surface area contributed by atoms with E-state index < -0.39 is 177 Å². The lowest BCUT2D eigenvalue weighted by molar-refractivity contribution is 1.62. The molecule has 0 atom stereocenters. The lowest BCUT2D eigenvalue weighted by Gasteiger charge is -2.20. The van der Waals surface area contributed by atoms with Crippen LogP contribution in [-0.2, 0) is 0 Å². The molecule has 0 nitrogen and oxygen atoms in total. The van der Waals surface area contributed by atoms with Gasteiger partial charge in [0.2, 0.25) is 0 Å². The molecule has 0 saturated heterocycles. The first-order valence-electron chi connectivity index (χ1n) is 24.5. The Hall–Kier alpha value is -5.72. The fourth-order valence-electron chi connectivity index (χ4n) is 5.80. The molecule has 0 saturated carbocycles. The van der Waals surface area contributed by atoms with E-state index >= 15 is 0 Å². The lowest BCUT2D eigenvalue weighted by Crippen LogP contribution is -1.92. The SMILES string of the molecule is [2H]c1cc2c(c([2H])c1[2H])c1c([2H])c([2H])c([2H])c([2H])c1c1c([2H])c(-c3c([2H])c([2H])c([2H])c([2H])c3-c3c4c([2H])c([2H])c([2H])c([2H])c4c(-c4ccccc4)c4c([2H])c([2H])c([2H])c([2H])c34)c([2H])c([2H])c21. The van der Waals surface area contributed by atoms with Crippen molar-refractivity contribution in [1.82, 2.24) is 0 Å². The van der Waals surface area contributed by atoms with Gasteiger partial charge in [-0.15, -0.1) is 0 Å². The Morgan fingerprint density at radius 1 is 0.295 bits per heavy atom. The fraction of sp³-hybridized carbons (Fsp3) is 0. The highest BCUT2D eigenvalue weighted by Crippen LogP contribution is 2.46. The number of rotatable bonds is 3. The fourth-order valence-corrected chi connectivity index (χ4v) is 5.80. The summed E-state index contributed by atoms with van der Waals surface area (Å²) in [5.41, 5.74) is -2.48. The molecule has 0 aromatic heterocycles. The molecule has 0 fully saturated rings. The zero-order chi connectivity index (χ0) is 48.2. The minimum Gasteiger partial charge on any atom is -0.0622 e. The van der Waals surface area contributed by atoms with Gasteiger partial charge in [-0.1, -0.05) is 163 Å². The van der Waals surface area contributed by atoms with Crippen molar-refractivity contribution in [3.63, 3.8) is 0 Å². The molecule has 0 radical (unpaired) electrons. The van der Waals surface area contributed by atoms with Gasteiger partial charge in [0.1, 0.15) is 0 Å². The van der Waals surface area contributed by atoms with Crippen molar-refractivity contribution in [1.29, 1.82) is 0 Å². The van der Waals surface area contributed by atoms with Crippen LogP contribution in [0.5, 0.6) is 0 Å². The molecule has 0 spiro atoms. The van der Waals surface area contributed by atoms with Gasteiger partial charge >= 0.3 is 0 Å². The quantitative estimate of drug-likeness (QED) is 0.144. The van der Waals surface area contributed by atoms with Crippen LogP contribution in [0.3, 0.4) is 0 Å². The Labute approximate surface area is 287 Å². The summed E-state index contributed by atoms with van der Waals surface area (Å²) < 4.78 is 199. The molecule has 0 unspecified atom stereocenters. The largest absolute Gasteiger partial charge is 0.0636 e. The lowest BCUT2D eigenvalue weighted by atomic mass is 9.83. The smallest absolute Gasteiger partial charge is 0.0622 e. The molecule has 0 aliphatic heterocycles. The first-order valence-corrected chi connectivity index (χ1v) is 13.5. The second-order valence-corrected chi connectivity index (χ2v) is 9.94. The third kappa shape index (κ3) is 3.71. The average Bonchev–Trinajstić information content (AvgIpc) is 3.30. The molecular formula is C44H28. The predicted molar refractivity (Wildman–Crippen MR) is 190 cm³/mol. The molecule has 9 aromatic rings. The van der Waals surface area contributed by atoms with Crippen LogP contribution < -0.4 is 0 Å². The first-order chi connectivity index (χ1) is 31.0. The maximum Gasteiger partial charge on any atom is 0.0636 e. The van der Waals surface area contributed by atoms with Gasteiger partial charge in [0.05, 0.1) is 30.2 Å². The van der Waals surface area contributed by atoms with Gasteiger partial charge in [-0.05, 0) is 93.3 Å². The third-order valence-corrected chi connectivity index (χ3v) is 7.64. The number of hydrogen-bond acceptors (Lipinski definition) is 0. The van der Waals surface area contributed by atoms with Crippen molar-refractivity contribution >= 4 is 53.9 Å². The Bertz CT molecular complexity index is 3690. The first kappa shape index (κ1) is 11.4. The third-order valence-electron chi connectivity index (χ3n) is 7.64. The molecule has 44 heavy (non-hydrogen) atoms. The van der Waals surface area contributed by atoms with E-state index in [0.29, 0.717) is 0 Å². The molecule has 0 aliphatic carbocycles. The Balaban J connectivity index is 1.64. The molecule has 0 heteroatoms. The van der Waals surface area contributed by atoms with Gasteiger partial charge in [0.15, 0.2) is 0 Å². The van der Waals surface area contributed by atoms with E-state index in [1.54, 1.807) is 30.3 Å². The maximum absolute atomic E-state index is 9.93. The van der Waals surface area contributed by atoms with Gasteiger partial charge in [-0.3, -0.25) is 0 Å². The second-order valence-electron chi connectivity index (χ2n) is 9.94. The molecule has 9 rings (SSSR count). The van der Waals surface area contributed by atoms with E-state index in [9.17, 15) is 12.3 Å². The van der Waals surface area contributed by atoms with Gasteiger partial charge in [0, 0.05) is 0 Å². The monoisotopic (exact) mass is 578 g/mol. The summed E-state index contributed by atoms with van der Waals surface area (Å²) in [6.45, 7) is 0. The maximum atomic E-state index is 9.93. The highest BCUT2D eigenvalue weighted by atomic mass is 14.2. The van der Waals surface area contributed by atoms with Crippen LogP contribution >= 0.6 is 0 Å². The summed E-state index contributed by atoms with van der Waals surface area (Å²) in [6, 6.07) is -8.03. The molecule has 0 bridgehead atoms. The van der Waals surface area contributed by atoms with Crippen LogP contribution in [-0.4, -0.2) is 0 Å². The van der Waals surface area contributed by atoms with Crippen molar-refractivity contribution < 1.29 is 30.2 Å². The highest BCUT2D eigenvalue weighted by molar-refractivity contribution is 6.26. The zero-order valence-electron chi connectivity index (χ0n) is 44.5. The summed E-state index contributed by atoms with van der Waals surface area (Å²) in [5.74, 6) is 0. The minimum atomic E-state index is -0.949. The number of hydrogen-bond donors (Lipinski definition) is 0. The zero-order valence-corrected chi connectivity index (χ0v) is 22.5. The van der Waals surface area contributed by atoms with Crippen LogP contribution in [0.4, 0.5) is 0 Å². The summed E-state index contributed by atoms with van der Waals surface area (Å²) >= 11 is 0. The van der Waals surface area contributed by atoms with Crippen LogP contribution in [0.2, 0.25) is 0 Å². The molecule has 204 valence electrons. The van der Waals surface area contributed by atoms with Crippen LogP contribution in [0.1, 0.15) is 30.2 Å². The normalized spacial score (nSPS) is 18.6. The van der Waals surface area contributed by atoms with E-state index in [1.165, 1.54) is 0 Å². The average molecular weight is 579 g/mol. The Morgan fingerprint density at radius 2 is 0.773 bits per heavy atom. The van der Waals surface area contributed by atoms with Crippen LogP contribution in [0, 0.1) is 0 Å². The van der Waals surface area contributed by atoms with Crippen molar-refractivity contribution in [3.8, 4) is 33.4 Å². The summed E-state index contributed by atoms with van der Waals surface area (Å²) in [6.07, 6.45) is 0. The van der Waals surface area contributed by atoms with Gasteiger partial charge in [-0.25, -0.2) is 0 Å². The number of fused-ring (bicyclic) bond motifs is 8. The van der Waals surface area contributed by atoms with E-state index in [1.807, 2.05) is 0 Å². The Morgan fingerprint density at radius 3 is 1.43 bits per heavy atom. The van der Waals surface area contributed by atoms with Gasteiger partial charge in [0.25, 0.3) is 0 Å². The van der Waals surface area contributed by atoms with Crippen molar-refractivity contribution in [2.45, 2.75) is 0 Å². The van der Waals surface area contributed by atoms with Crippen molar-refractivity contribution in [3.05, 3.63) is 169 Å². The molecule has 0 N–H and O–H groups in total. The van der Waals surface area contributed by atoms with Crippen LogP contribution in [0.25, 0.3) is 87.2 Å². The highest BCUT2D eigenvalue weighted by Gasteiger charge is 2.19. The van der Waals surface area contributed by atoms with E-state index in [2.05, 4.69) is 0 Å². The predicted octanol–water partition coefficient (Wildman–Crippen LogP) is 12.5. The van der Waals surface area contributed by atoms with Crippen molar-refractivity contribution in [2.75, 3.05) is 0 Å². The van der Waals surface area contributed by atoms with E-state index in [4.69, 9.17) is 17.8 Å². The minimum absolute atomic E-state index is 0.0573. The van der Waals surface area contributed by atoms with E-state index in [-0.39, 0.29) is 43.4 Å².